The molecule has 0 aliphatic heterocycles. The van der Waals surface area contributed by atoms with Crippen molar-refractivity contribution in [3.63, 3.8) is 0 Å². The smallest absolute Gasteiger partial charge is 0.338 e. The fraction of sp³-hybridized carbons (Fsp3) is 0.583. The summed E-state index contributed by atoms with van der Waals surface area (Å²) in [4.78, 5) is 23.1. The van der Waals surface area contributed by atoms with Crippen molar-refractivity contribution < 1.29 is 19.1 Å². The molecule has 154 valence electrons. The summed E-state index contributed by atoms with van der Waals surface area (Å²) in [5.41, 5.74) is 1.96. The van der Waals surface area contributed by atoms with Crippen LogP contribution in [0.15, 0.2) is 36.9 Å². The van der Waals surface area contributed by atoms with E-state index in [1.54, 1.807) is 0 Å². The fourth-order valence-corrected chi connectivity index (χ4v) is 3.94. The van der Waals surface area contributed by atoms with Gasteiger partial charge in [-0.3, -0.25) is 0 Å². The Hall–Kier alpha value is -2.10. The molecule has 0 unspecified atom stereocenters. The predicted octanol–water partition coefficient (Wildman–Crippen LogP) is 5.82. The van der Waals surface area contributed by atoms with Gasteiger partial charge in [-0.25, -0.2) is 9.59 Å². The zero-order valence-corrected chi connectivity index (χ0v) is 17.2. The van der Waals surface area contributed by atoms with E-state index in [0.29, 0.717) is 24.7 Å². The van der Waals surface area contributed by atoms with Gasteiger partial charge in [-0.15, -0.1) is 0 Å². The minimum Gasteiger partial charge on any atom is -0.463 e. The fourth-order valence-electron chi connectivity index (χ4n) is 3.94. The molecule has 1 aromatic rings. The van der Waals surface area contributed by atoms with Gasteiger partial charge >= 0.3 is 11.9 Å². The molecule has 1 aliphatic carbocycles. The molecule has 0 N–H and O–H groups in total. The lowest BCUT2D eigenvalue weighted by Gasteiger charge is -2.28. The lowest BCUT2D eigenvalue weighted by molar-refractivity contribution is -0.137. The zero-order valence-electron chi connectivity index (χ0n) is 17.2. The van der Waals surface area contributed by atoms with Crippen LogP contribution in [0.2, 0.25) is 0 Å². The van der Waals surface area contributed by atoms with Crippen LogP contribution in [-0.4, -0.2) is 25.2 Å². The van der Waals surface area contributed by atoms with E-state index < -0.39 is 5.97 Å². The van der Waals surface area contributed by atoms with E-state index in [4.69, 9.17) is 9.47 Å². The lowest BCUT2D eigenvalue weighted by atomic mass is 9.77. The Morgan fingerprint density at radius 2 is 1.64 bits per heavy atom. The summed E-state index contributed by atoms with van der Waals surface area (Å²) in [6.07, 6.45) is 11.3. The van der Waals surface area contributed by atoms with Crippen LogP contribution in [0.1, 0.15) is 86.6 Å². The van der Waals surface area contributed by atoms with Crippen molar-refractivity contribution in [3.05, 3.63) is 48.0 Å². The topological polar surface area (TPSA) is 52.6 Å². The van der Waals surface area contributed by atoms with Gasteiger partial charge in [-0.05, 0) is 74.5 Å². The van der Waals surface area contributed by atoms with Crippen molar-refractivity contribution in [1.82, 2.24) is 0 Å². The number of carbonyl (C=O) groups is 2. The van der Waals surface area contributed by atoms with E-state index in [-0.39, 0.29) is 5.97 Å². The molecular weight excluding hydrogens is 352 g/mol. The number of unbranched alkanes of at least 4 members (excludes halogenated alkanes) is 2. The summed E-state index contributed by atoms with van der Waals surface area (Å²) < 4.78 is 10.2. The molecule has 0 spiro atoms. The molecule has 0 heterocycles. The van der Waals surface area contributed by atoms with Crippen LogP contribution in [0, 0.1) is 5.92 Å². The van der Waals surface area contributed by atoms with Gasteiger partial charge in [0.05, 0.1) is 18.8 Å². The monoisotopic (exact) mass is 386 g/mol. The number of hydrogen-bond donors (Lipinski definition) is 0. The minimum atomic E-state index is -0.399. The van der Waals surface area contributed by atoms with E-state index in [2.05, 4.69) is 25.6 Å². The van der Waals surface area contributed by atoms with Crippen LogP contribution < -0.4 is 0 Å². The Morgan fingerprint density at radius 3 is 2.25 bits per heavy atom. The zero-order chi connectivity index (χ0) is 20.2. The van der Waals surface area contributed by atoms with Gasteiger partial charge in [0.15, 0.2) is 0 Å². The third-order valence-electron chi connectivity index (χ3n) is 5.59. The summed E-state index contributed by atoms with van der Waals surface area (Å²) in [5.74, 6) is 0.873. The Labute approximate surface area is 169 Å². The average Bonchev–Trinajstić information content (AvgIpc) is 2.73. The Bertz CT molecular complexity index is 612. The van der Waals surface area contributed by atoms with Gasteiger partial charge < -0.3 is 9.47 Å². The van der Waals surface area contributed by atoms with Gasteiger partial charge in [-0.2, -0.15) is 0 Å². The third-order valence-corrected chi connectivity index (χ3v) is 5.59. The van der Waals surface area contributed by atoms with E-state index in [1.807, 2.05) is 12.1 Å². The van der Waals surface area contributed by atoms with Crippen molar-refractivity contribution in [3.8, 4) is 0 Å². The average molecular weight is 387 g/mol. The maximum atomic E-state index is 12.2. The highest BCUT2D eigenvalue weighted by atomic mass is 16.5. The highest BCUT2D eigenvalue weighted by Crippen LogP contribution is 2.37. The van der Waals surface area contributed by atoms with Crippen LogP contribution in [-0.2, 0) is 14.3 Å². The Balaban J connectivity index is 1.65. The van der Waals surface area contributed by atoms with Gasteiger partial charge in [0.25, 0.3) is 0 Å². The van der Waals surface area contributed by atoms with E-state index >= 15 is 0 Å². The van der Waals surface area contributed by atoms with Crippen LogP contribution in [0.25, 0.3) is 0 Å². The molecule has 0 saturated heterocycles. The van der Waals surface area contributed by atoms with Gasteiger partial charge in [0, 0.05) is 6.08 Å². The summed E-state index contributed by atoms with van der Waals surface area (Å²) in [6, 6.07) is 7.97. The van der Waals surface area contributed by atoms with Crippen LogP contribution in [0.3, 0.4) is 0 Å². The molecule has 1 aromatic carbocycles. The molecule has 1 aliphatic rings. The number of esters is 2. The number of rotatable bonds is 11. The first-order valence-corrected chi connectivity index (χ1v) is 10.7. The number of hydrogen-bond acceptors (Lipinski definition) is 4. The van der Waals surface area contributed by atoms with Crippen molar-refractivity contribution >= 4 is 11.9 Å². The van der Waals surface area contributed by atoms with Crippen molar-refractivity contribution in [1.29, 1.82) is 0 Å². The number of carbonyl (C=O) groups excluding carboxylic acids is 2. The quantitative estimate of drug-likeness (QED) is 0.273. The molecule has 0 bridgehead atoms. The molecular formula is C24H34O4. The standard InChI is InChI=1S/C24H34O4/c1-3-8-19-9-11-20(12-10-19)21-13-15-22(16-14-21)24(26)28-18-7-5-6-17-27-23(25)4-2/h4,13-16,19-20H,2-3,5-12,17-18H2,1H3/t19-,20-. The van der Waals surface area contributed by atoms with Crippen molar-refractivity contribution in [2.75, 3.05) is 13.2 Å². The van der Waals surface area contributed by atoms with E-state index in [1.165, 1.54) is 44.1 Å². The predicted molar refractivity (Wildman–Crippen MR) is 111 cm³/mol. The van der Waals surface area contributed by atoms with Crippen LogP contribution >= 0.6 is 0 Å². The summed E-state index contributed by atoms with van der Waals surface area (Å²) in [6.45, 7) is 6.38. The van der Waals surface area contributed by atoms with Gasteiger partial charge in [-0.1, -0.05) is 38.5 Å². The SMILES string of the molecule is C=CC(=O)OCCCCCOC(=O)c1ccc([C@H]2CC[C@H](CCC)CC2)cc1. The Kier molecular flexibility index (Phi) is 9.81. The molecule has 0 radical (unpaired) electrons. The number of benzene rings is 1. The molecule has 0 aromatic heterocycles. The van der Waals surface area contributed by atoms with Gasteiger partial charge in [0.2, 0.25) is 0 Å². The first-order valence-electron chi connectivity index (χ1n) is 10.7. The van der Waals surface area contributed by atoms with E-state index in [0.717, 1.165) is 31.3 Å². The normalized spacial score (nSPS) is 19.0. The highest BCUT2D eigenvalue weighted by molar-refractivity contribution is 5.89. The molecule has 1 saturated carbocycles. The Morgan fingerprint density at radius 1 is 1.00 bits per heavy atom. The second-order valence-electron chi connectivity index (χ2n) is 7.70. The van der Waals surface area contributed by atoms with Crippen LogP contribution in [0.5, 0.6) is 0 Å². The van der Waals surface area contributed by atoms with Crippen molar-refractivity contribution in [2.45, 2.75) is 70.6 Å². The van der Waals surface area contributed by atoms with Crippen LogP contribution in [0.4, 0.5) is 0 Å². The lowest BCUT2D eigenvalue weighted by Crippen LogP contribution is -2.13. The first-order chi connectivity index (χ1) is 13.6. The van der Waals surface area contributed by atoms with Crippen molar-refractivity contribution in [2.24, 2.45) is 5.92 Å². The summed E-state index contributed by atoms with van der Waals surface area (Å²) in [5, 5.41) is 0. The summed E-state index contributed by atoms with van der Waals surface area (Å²) in [7, 11) is 0. The number of ether oxygens (including phenoxy) is 2. The minimum absolute atomic E-state index is 0.267. The largest absolute Gasteiger partial charge is 0.463 e. The third kappa shape index (κ3) is 7.49. The molecule has 0 amide bonds. The van der Waals surface area contributed by atoms with Gasteiger partial charge in [0.1, 0.15) is 0 Å². The molecule has 4 nitrogen and oxygen atoms in total. The molecule has 1 fully saturated rings. The molecule has 28 heavy (non-hydrogen) atoms. The molecule has 2 rings (SSSR count). The summed E-state index contributed by atoms with van der Waals surface area (Å²) >= 11 is 0. The first kappa shape index (κ1) is 22.2. The maximum Gasteiger partial charge on any atom is 0.338 e. The second-order valence-corrected chi connectivity index (χ2v) is 7.70. The molecule has 0 atom stereocenters. The maximum absolute atomic E-state index is 12.2. The highest BCUT2D eigenvalue weighted by Gasteiger charge is 2.22. The van der Waals surface area contributed by atoms with E-state index in [9.17, 15) is 9.59 Å². The second kappa shape index (κ2) is 12.4. The molecule has 4 heteroatoms.